The first-order valence-electron chi connectivity index (χ1n) is 8.78. The molecular weight excluding hydrogens is 326 g/mol. The van der Waals surface area contributed by atoms with Crippen LogP contribution in [0.5, 0.6) is 17.2 Å². The Morgan fingerprint density at radius 2 is 1.25 bits per heavy atom. The van der Waals surface area contributed by atoms with Gasteiger partial charge in [0, 0.05) is 6.54 Å². The van der Waals surface area contributed by atoms with Crippen molar-refractivity contribution in [1.82, 2.24) is 4.90 Å². The molecule has 0 spiro atoms. The molecule has 0 aliphatic rings. The molecule has 0 unspecified atom stereocenters. The first kappa shape index (κ1) is 22.9. The van der Waals surface area contributed by atoms with Gasteiger partial charge in [-0.15, -0.1) is 12.4 Å². The van der Waals surface area contributed by atoms with Gasteiger partial charge in [-0.05, 0) is 57.5 Å². The monoisotopic (exact) mass is 359 g/mol. The van der Waals surface area contributed by atoms with Crippen molar-refractivity contribution < 1.29 is 14.6 Å². The van der Waals surface area contributed by atoms with Crippen LogP contribution in [0.25, 0.3) is 0 Å². The van der Waals surface area contributed by atoms with Crippen LogP contribution in [0.1, 0.15) is 58.9 Å². The van der Waals surface area contributed by atoms with Crippen molar-refractivity contribution in [3.8, 4) is 17.2 Å². The van der Waals surface area contributed by atoms with E-state index in [1.54, 1.807) is 0 Å². The highest BCUT2D eigenvalue weighted by atomic mass is 35.5. The molecule has 0 heterocycles. The van der Waals surface area contributed by atoms with Gasteiger partial charge >= 0.3 is 0 Å². The largest absolute Gasteiger partial charge is 0.502 e. The maximum Gasteiger partial charge on any atom is 0.200 e. The second-order valence-electron chi connectivity index (χ2n) is 6.29. The highest BCUT2D eigenvalue weighted by molar-refractivity contribution is 5.85. The van der Waals surface area contributed by atoms with E-state index in [1.807, 2.05) is 26.2 Å². The molecule has 140 valence electrons. The number of hydrogen-bond acceptors (Lipinski definition) is 4. The molecule has 0 aliphatic heterocycles. The second kappa shape index (κ2) is 11.4. The van der Waals surface area contributed by atoms with E-state index < -0.39 is 0 Å². The Labute approximate surface area is 153 Å². The number of benzene rings is 1. The molecule has 0 aliphatic carbocycles. The normalized spacial score (nSPS) is 11.0. The fraction of sp³-hybridized carbons (Fsp3) is 0.684. The van der Waals surface area contributed by atoms with Crippen molar-refractivity contribution in [2.24, 2.45) is 0 Å². The molecule has 0 aromatic heterocycles. The predicted molar refractivity (Wildman–Crippen MR) is 103 cm³/mol. The number of rotatable bonds is 10. The Morgan fingerprint density at radius 3 is 1.54 bits per heavy atom. The van der Waals surface area contributed by atoms with E-state index in [1.165, 1.54) is 0 Å². The fourth-order valence-corrected chi connectivity index (χ4v) is 2.54. The molecule has 0 radical (unpaired) electrons. The highest BCUT2D eigenvalue weighted by Crippen LogP contribution is 2.39. The number of halogens is 1. The van der Waals surface area contributed by atoms with Crippen LogP contribution in [0.2, 0.25) is 0 Å². The quantitative estimate of drug-likeness (QED) is 0.637. The average Bonchev–Trinajstić information content (AvgIpc) is 2.53. The molecule has 0 saturated carbocycles. The van der Waals surface area contributed by atoms with Gasteiger partial charge in [0.1, 0.15) is 0 Å². The molecule has 0 bridgehead atoms. The van der Waals surface area contributed by atoms with Crippen LogP contribution in [0.15, 0.2) is 12.1 Å². The summed E-state index contributed by atoms with van der Waals surface area (Å²) < 4.78 is 12.0. The van der Waals surface area contributed by atoms with Crippen molar-refractivity contribution in [2.45, 2.75) is 72.1 Å². The van der Waals surface area contributed by atoms with E-state index >= 15 is 0 Å². The lowest BCUT2D eigenvalue weighted by atomic mass is 10.1. The molecule has 24 heavy (non-hydrogen) atoms. The smallest absolute Gasteiger partial charge is 0.200 e. The SMILES string of the molecule is CCC(CC)Oc1cc(CN(C)C)cc(OC(CC)CC)c1O.Cl. The summed E-state index contributed by atoms with van der Waals surface area (Å²) in [5.41, 5.74) is 1.08. The van der Waals surface area contributed by atoms with Crippen molar-refractivity contribution in [2.75, 3.05) is 14.1 Å². The van der Waals surface area contributed by atoms with E-state index in [9.17, 15) is 5.11 Å². The summed E-state index contributed by atoms with van der Waals surface area (Å²) in [6.07, 6.45) is 3.87. The van der Waals surface area contributed by atoms with Gasteiger partial charge in [0.05, 0.1) is 12.2 Å². The lowest BCUT2D eigenvalue weighted by Gasteiger charge is -2.22. The van der Waals surface area contributed by atoms with Crippen LogP contribution < -0.4 is 9.47 Å². The van der Waals surface area contributed by atoms with Gasteiger partial charge in [-0.2, -0.15) is 0 Å². The van der Waals surface area contributed by atoms with Crippen LogP contribution >= 0.6 is 12.4 Å². The van der Waals surface area contributed by atoms with Crippen LogP contribution in [-0.2, 0) is 6.54 Å². The van der Waals surface area contributed by atoms with E-state index in [2.05, 4.69) is 32.6 Å². The zero-order valence-electron chi connectivity index (χ0n) is 16.0. The Morgan fingerprint density at radius 1 is 0.875 bits per heavy atom. The first-order valence-corrected chi connectivity index (χ1v) is 8.78. The molecule has 0 atom stereocenters. The molecule has 0 amide bonds. The van der Waals surface area contributed by atoms with E-state index in [4.69, 9.17) is 9.47 Å². The van der Waals surface area contributed by atoms with Crippen LogP contribution in [0, 0.1) is 0 Å². The molecule has 1 rings (SSSR count). The number of nitrogens with zero attached hydrogens (tertiary/aromatic N) is 1. The van der Waals surface area contributed by atoms with Crippen molar-refractivity contribution in [3.05, 3.63) is 17.7 Å². The third-order valence-electron chi connectivity index (χ3n) is 4.01. The first-order chi connectivity index (χ1) is 10.9. The minimum atomic E-state index is 0. The van der Waals surface area contributed by atoms with Crippen molar-refractivity contribution in [1.29, 1.82) is 0 Å². The van der Waals surface area contributed by atoms with E-state index in [0.29, 0.717) is 11.5 Å². The minimum absolute atomic E-state index is 0. The summed E-state index contributed by atoms with van der Waals surface area (Å²) in [7, 11) is 4.05. The van der Waals surface area contributed by atoms with Gasteiger partial charge in [-0.3, -0.25) is 0 Å². The minimum Gasteiger partial charge on any atom is -0.502 e. The number of hydrogen-bond donors (Lipinski definition) is 1. The Kier molecular flexibility index (Phi) is 10.9. The van der Waals surface area contributed by atoms with Gasteiger partial charge in [-0.1, -0.05) is 27.7 Å². The van der Waals surface area contributed by atoms with E-state index in [-0.39, 0.29) is 30.4 Å². The highest BCUT2D eigenvalue weighted by Gasteiger charge is 2.18. The lowest BCUT2D eigenvalue weighted by molar-refractivity contribution is 0.168. The molecule has 1 N–H and O–H groups in total. The van der Waals surface area contributed by atoms with Gasteiger partial charge < -0.3 is 19.5 Å². The Hall–Kier alpha value is -1.13. The molecule has 1 aromatic rings. The third kappa shape index (κ3) is 6.78. The second-order valence-corrected chi connectivity index (χ2v) is 6.29. The topological polar surface area (TPSA) is 41.9 Å². The van der Waals surface area contributed by atoms with Gasteiger partial charge in [0.25, 0.3) is 0 Å². The third-order valence-corrected chi connectivity index (χ3v) is 4.01. The van der Waals surface area contributed by atoms with Crippen molar-refractivity contribution >= 4 is 12.4 Å². The number of phenolic OH excluding ortho intramolecular Hbond substituents is 1. The summed E-state index contributed by atoms with van der Waals surface area (Å²) in [4.78, 5) is 2.09. The Balaban J connectivity index is 0.00000529. The summed E-state index contributed by atoms with van der Waals surface area (Å²) in [6.45, 7) is 9.15. The molecule has 0 saturated heterocycles. The number of aromatic hydroxyl groups is 1. The predicted octanol–water partition coefficient (Wildman–Crippen LogP) is 5.01. The molecule has 4 nitrogen and oxygen atoms in total. The molecular formula is C19H34ClNO3. The average molecular weight is 360 g/mol. The van der Waals surface area contributed by atoms with Crippen molar-refractivity contribution in [3.63, 3.8) is 0 Å². The standard InChI is InChI=1S/C19H33NO3.ClH/c1-7-15(8-2)22-17-11-14(13-20(5)6)12-18(19(17)21)23-16(9-3)10-4;/h11-12,15-16,21H,7-10,13H2,1-6H3;1H. The maximum absolute atomic E-state index is 10.6. The summed E-state index contributed by atoms with van der Waals surface area (Å²) in [5, 5.41) is 10.6. The molecule has 5 heteroatoms. The summed E-state index contributed by atoms with van der Waals surface area (Å²) in [5.74, 6) is 1.17. The van der Waals surface area contributed by atoms with Crippen LogP contribution in [-0.4, -0.2) is 36.3 Å². The van der Waals surface area contributed by atoms with Gasteiger partial charge in [-0.25, -0.2) is 0 Å². The lowest BCUT2D eigenvalue weighted by Crippen LogP contribution is -2.17. The molecule has 1 aromatic carbocycles. The zero-order valence-corrected chi connectivity index (χ0v) is 16.8. The van der Waals surface area contributed by atoms with E-state index in [0.717, 1.165) is 37.8 Å². The summed E-state index contributed by atoms with van der Waals surface area (Å²) in [6, 6.07) is 3.85. The molecule has 0 fully saturated rings. The maximum atomic E-state index is 10.6. The van der Waals surface area contributed by atoms with Crippen LogP contribution in [0.3, 0.4) is 0 Å². The Bertz CT molecular complexity index is 437. The van der Waals surface area contributed by atoms with Crippen LogP contribution in [0.4, 0.5) is 0 Å². The van der Waals surface area contributed by atoms with Gasteiger partial charge in [0.15, 0.2) is 11.5 Å². The number of ether oxygens (including phenoxy) is 2. The zero-order chi connectivity index (χ0) is 17.4. The van der Waals surface area contributed by atoms with Gasteiger partial charge in [0.2, 0.25) is 5.75 Å². The number of phenols is 1. The fourth-order valence-electron chi connectivity index (χ4n) is 2.54. The summed E-state index contributed by atoms with van der Waals surface area (Å²) >= 11 is 0.